The van der Waals surface area contributed by atoms with Crippen LogP contribution in [0.3, 0.4) is 0 Å². The first-order valence-corrected chi connectivity index (χ1v) is 7.80. The Balaban J connectivity index is 1.90. The number of benzene rings is 1. The smallest absolute Gasteiger partial charge is 0.422 e. The topological polar surface area (TPSA) is 70.6 Å². The van der Waals surface area contributed by atoms with Gasteiger partial charge in [-0.05, 0) is 43.5 Å². The normalized spacial score (nSPS) is 21.2. The van der Waals surface area contributed by atoms with Crippen LogP contribution in [0.25, 0.3) is 0 Å². The monoisotopic (exact) mass is 346 g/mol. The molecule has 1 aromatic carbocycles. The molecule has 24 heavy (non-hydrogen) atoms. The Bertz CT molecular complexity index is 578. The molecule has 2 amide bonds. The molecule has 0 aromatic heterocycles. The Kier molecular flexibility index (Phi) is 5.93. The molecule has 2 atom stereocenters. The molecule has 0 saturated heterocycles. The maximum atomic E-state index is 12.2. The molecular formula is C16H21F3N2O3. The number of carbonyl (C=O) groups is 1. The first kappa shape index (κ1) is 18.4. The van der Waals surface area contributed by atoms with Gasteiger partial charge in [-0.3, -0.25) is 0 Å². The van der Waals surface area contributed by atoms with Gasteiger partial charge in [0.05, 0.1) is 12.1 Å². The van der Waals surface area contributed by atoms with Gasteiger partial charge in [0, 0.05) is 5.69 Å². The molecule has 0 spiro atoms. The van der Waals surface area contributed by atoms with Crippen LogP contribution in [-0.2, 0) is 0 Å². The van der Waals surface area contributed by atoms with Gasteiger partial charge < -0.3 is 20.5 Å². The molecule has 2 unspecified atom stereocenters. The number of nitrogens with one attached hydrogen (secondary N) is 2. The molecule has 1 fully saturated rings. The van der Waals surface area contributed by atoms with Crippen LogP contribution >= 0.6 is 0 Å². The van der Waals surface area contributed by atoms with Crippen LogP contribution in [-0.4, -0.2) is 36.1 Å². The van der Waals surface area contributed by atoms with Crippen molar-refractivity contribution in [1.82, 2.24) is 5.32 Å². The number of aliphatic hydroxyl groups excluding tert-OH is 1. The number of hydrogen-bond donors (Lipinski definition) is 3. The van der Waals surface area contributed by atoms with E-state index in [0.29, 0.717) is 17.7 Å². The van der Waals surface area contributed by atoms with E-state index in [0.717, 1.165) is 19.3 Å². The first-order valence-electron chi connectivity index (χ1n) is 7.80. The van der Waals surface area contributed by atoms with E-state index in [1.54, 1.807) is 6.92 Å². The zero-order valence-electron chi connectivity index (χ0n) is 13.3. The van der Waals surface area contributed by atoms with Crippen LogP contribution in [0.1, 0.15) is 31.2 Å². The number of ether oxygens (including phenoxy) is 1. The van der Waals surface area contributed by atoms with Crippen molar-refractivity contribution in [2.45, 2.75) is 50.9 Å². The second kappa shape index (κ2) is 7.74. The Morgan fingerprint density at radius 2 is 2.04 bits per heavy atom. The van der Waals surface area contributed by atoms with Gasteiger partial charge in [-0.15, -0.1) is 0 Å². The van der Waals surface area contributed by atoms with Gasteiger partial charge >= 0.3 is 12.2 Å². The van der Waals surface area contributed by atoms with Crippen LogP contribution in [0.2, 0.25) is 0 Å². The molecule has 1 saturated carbocycles. The number of aryl methyl sites for hydroxylation is 1. The number of halogens is 3. The molecule has 1 aliphatic carbocycles. The summed E-state index contributed by atoms with van der Waals surface area (Å²) in [7, 11) is 0. The summed E-state index contributed by atoms with van der Waals surface area (Å²) in [5.41, 5.74) is 0.921. The van der Waals surface area contributed by atoms with E-state index in [9.17, 15) is 23.1 Å². The Labute approximate surface area is 138 Å². The molecule has 5 nitrogen and oxygen atoms in total. The minimum absolute atomic E-state index is 0.112. The van der Waals surface area contributed by atoms with Crippen LogP contribution < -0.4 is 15.4 Å². The maximum absolute atomic E-state index is 12.2. The minimum atomic E-state index is -4.40. The number of alkyl halides is 3. The van der Waals surface area contributed by atoms with E-state index in [-0.39, 0.29) is 11.8 Å². The molecule has 0 radical (unpaired) electrons. The van der Waals surface area contributed by atoms with E-state index in [1.807, 2.05) is 0 Å². The third kappa shape index (κ3) is 5.59. The second-order valence-electron chi connectivity index (χ2n) is 5.94. The van der Waals surface area contributed by atoms with Gasteiger partial charge in [0.2, 0.25) is 0 Å². The molecule has 0 bridgehead atoms. The van der Waals surface area contributed by atoms with Crippen LogP contribution in [0.15, 0.2) is 18.2 Å². The lowest BCUT2D eigenvalue weighted by molar-refractivity contribution is -0.153. The number of amides is 2. The predicted molar refractivity (Wildman–Crippen MR) is 83.1 cm³/mol. The summed E-state index contributed by atoms with van der Waals surface area (Å²) >= 11 is 0. The van der Waals surface area contributed by atoms with E-state index in [1.165, 1.54) is 18.2 Å². The fraction of sp³-hybridized carbons (Fsp3) is 0.562. The van der Waals surface area contributed by atoms with Gasteiger partial charge in [0.1, 0.15) is 5.75 Å². The standard InChI is InChI=1S/C16H21F3N2O3/c1-10-8-11(6-7-14(10)24-9-16(17,18)19)20-15(23)21-12-4-2-3-5-13(12)22/h6-8,12-13,22H,2-5,9H2,1H3,(H2,20,21,23). The summed E-state index contributed by atoms with van der Waals surface area (Å²) in [5, 5.41) is 15.2. The Morgan fingerprint density at radius 3 is 2.67 bits per heavy atom. The highest BCUT2D eigenvalue weighted by Crippen LogP contribution is 2.25. The quantitative estimate of drug-likeness (QED) is 0.783. The Morgan fingerprint density at radius 1 is 1.33 bits per heavy atom. The third-order valence-electron chi connectivity index (χ3n) is 3.87. The van der Waals surface area contributed by atoms with Gasteiger partial charge in [0.15, 0.2) is 6.61 Å². The summed E-state index contributed by atoms with van der Waals surface area (Å²) in [5.74, 6) is 0.112. The highest BCUT2D eigenvalue weighted by Gasteiger charge is 2.28. The van der Waals surface area contributed by atoms with Crippen LogP contribution in [0, 0.1) is 6.92 Å². The first-order chi connectivity index (χ1) is 11.2. The van der Waals surface area contributed by atoms with Crippen molar-refractivity contribution >= 4 is 11.7 Å². The van der Waals surface area contributed by atoms with Crippen molar-refractivity contribution < 1.29 is 27.8 Å². The van der Waals surface area contributed by atoms with E-state index in [2.05, 4.69) is 10.6 Å². The molecule has 1 aliphatic rings. The van der Waals surface area contributed by atoms with Crippen molar-refractivity contribution in [3.05, 3.63) is 23.8 Å². The maximum Gasteiger partial charge on any atom is 0.422 e. The number of rotatable bonds is 4. The molecule has 0 aliphatic heterocycles. The van der Waals surface area contributed by atoms with Crippen molar-refractivity contribution in [1.29, 1.82) is 0 Å². The third-order valence-corrected chi connectivity index (χ3v) is 3.87. The van der Waals surface area contributed by atoms with E-state index < -0.39 is 24.9 Å². The minimum Gasteiger partial charge on any atom is -0.484 e. The molecule has 3 N–H and O–H groups in total. The van der Waals surface area contributed by atoms with Crippen LogP contribution in [0.4, 0.5) is 23.7 Å². The number of anilines is 1. The zero-order valence-corrected chi connectivity index (χ0v) is 13.3. The van der Waals surface area contributed by atoms with Crippen molar-refractivity contribution in [2.24, 2.45) is 0 Å². The van der Waals surface area contributed by atoms with Gasteiger partial charge in [-0.1, -0.05) is 12.8 Å². The Hall–Kier alpha value is -1.96. The van der Waals surface area contributed by atoms with Crippen LogP contribution in [0.5, 0.6) is 5.75 Å². The summed E-state index contributed by atoms with van der Waals surface area (Å²) < 4.78 is 41.2. The van der Waals surface area contributed by atoms with Crippen molar-refractivity contribution in [3.63, 3.8) is 0 Å². The fourth-order valence-corrected chi connectivity index (χ4v) is 2.66. The number of aliphatic hydroxyl groups is 1. The summed E-state index contributed by atoms with van der Waals surface area (Å²) in [6, 6.07) is 3.64. The predicted octanol–water partition coefficient (Wildman–Crippen LogP) is 3.36. The average molecular weight is 346 g/mol. The lowest BCUT2D eigenvalue weighted by Gasteiger charge is -2.28. The summed E-state index contributed by atoms with van der Waals surface area (Å²) in [6.45, 7) is 0.236. The summed E-state index contributed by atoms with van der Waals surface area (Å²) in [6.07, 6.45) is -1.67. The van der Waals surface area contributed by atoms with E-state index >= 15 is 0 Å². The number of hydrogen-bond acceptors (Lipinski definition) is 3. The van der Waals surface area contributed by atoms with Gasteiger partial charge in [-0.25, -0.2) is 4.79 Å². The van der Waals surface area contributed by atoms with E-state index in [4.69, 9.17) is 4.74 Å². The molecule has 0 heterocycles. The molecule has 2 rings (SSSR count). The largest absolute Gasteiger partial charge is 0.484 e. The molecular weight excluding hydrogens is 325 g/mol. The lowest BCUT2D eigenvalue weighted by Crippen LogP contribution is -2.46. The number of carbonyl (C=O) groups excluding carboxylic acids is 1. The average Bonchev–Trinajstić information content (AvgIpc) is 2.48. The fourth-order valence-electron chi connectivity index (χ4n) is 2.66. The molecule has 8 heteroatoms. The van der Waals surface area contributed by atoms with Crippen molar-refractivity contribution in [3.8, 4) is 5.75 Å². The zero-order chi connectivity index (χ0) is 17.7. The lowest BCUT2D eigenvalue weighted by atomic mass is 9.93. The van der Waals surface area contributed by atoms with Gasteiger partial charge in [-0.2, -0.15) is 13.2 Å². The molecule has 1 aromatic rings. The highest BCUT2D eigenvalue weighted by atomic mass is 19.4. The summed E-state index contributed by atoms with van der Waals surface area (Å²) in [4.78, 5) is 12.0. The number of urea groups is 1. The second-order valence-corrected chi connectivity index (χ2v) is 5.94. The van der Waals surface area contributed by atoms with Gasteiger partial charge in [0.25, 0.3) is 0 Å². The van der Waals surface area contributed by atoms with Crippen molar-refractivity contribution in [2.75, 3.05) is 11.9 Å². The highest BCUT2D eigenvalue weighted by molar-refractivity contribution is 5.89. The molecule has 134 valence electrons. The SMILES string of the molecule is Cc1cc(NC(=O)NC2CCCCC2O)ccc1OCC(F)(F)F.